The van der Waals surface area contributed by atoms with Crippen LogP contribution in [0.2, 0.25) is 0 Å². The van der Waals surface area contributed by atoms with Crippen LogP contribution in [0.4, 0.5) is 0 Å². The van der Waals surface area contributed by atoms with Crippen molar-refractivity contribution in [1.29, 1.82) is 0 Å². The van der Waals surface area contributed by atoms with Gasteiger partial charge in [0, 0.05) is 0 Å². The summed E-state index contributed by atoms with van der Waals surface area (Å²) < 4.78 is 0. The second-order valence-corrected chi connectivity index (χ2v) is 7.50. The number of carbonyl (C=O) groups is 1. The monoisotopic (exact) mass is 302 g/mol. The summed E-state index contributed by atoms with van der Waals surface area (Å²) in [6.45, 7) is 2.34. The lowest BCUT2D eigenvalue weighted by Crippen LogP contribution is -2.14. The molecule has 0 unspecified atom stereocenters. The highest BCUT2D eigenvalue weighted by molar-refractivity contribution is 5.64. The summed E-state index contributed by atoms with van der Waals surface area (Å²) in [4.78, 5) is 10.2. The molecule has 22 heavy (non-hydrogen) atoms. The fourth-order valence-corrected chi connectivity index (χ4v) is 4.26. The first-order valence-corrected chi connectivity index (χ1v) is 9.60. The topological polar surface area (TPSA) is 17.1 Å². The van der Waals surface area contributed by atoms with Gasteiger partial charge in [-0.1, -0.05) is 31.6 Å². The highest BCUT2D eigenvalue weighted by Crippen LogP contribution is 2.35. The van der Waals surface area contributed by atoms with E-state index in [4.69, 9.17) is 0 Å². The Bertz CT molecular complexity index is 352. The minimum atomic E-state index is 0.839. The summed E-state index contributed by atoms with van der Waals surface area (Å²) in [5.41, 5.74) is 0. The molecule has 0 heterocycles. The molecular formula is C21H34O. The number of hydrogen-bond donors (Lipinski definition) is 0. The van der Waals surface area contributed by atoms with Gasteiger partial charge in [-0.05, 0) is 94.0 Å². The molecule has 0 N–H and O–H groups in total. The molecule has 0 saturated heterocycles. The molecule has 1 nitrogen and oxygen atoms in total. The summed E-state index contributed by atoms with van der Waals surface area (Å²) in [6.07, 6.45) is 24.6. The van der Waals surface area contributed by atoms with Crippen molar-refractivity contribution in [1.82, 2.24) is 0 Å². The zero-order valence-corrected chi connectivity index (χ0v) is 14.4. The predicted molar refractivity (Wildman–Crippen MR) is 94.8 cm³/mol. The van der Waals surface area contributed by atoms with Gasteiger partial charge in [-0.25, -0.2) is 0 Å². The average Bonchev–Trinajstić information content (AvgIpc) is 2.58. The molecule has 2 rings (SSSR count). The fraction of sp³-hybridized carbons (Fsp3) is 0.762. The molecule has 0 aromatic carbocycles. The lowest BCUT2D eigenvalue weighted by Gasteiger charge is -2.28. The zero-order chi connectivity index (χ0) is 15.6. The highest BCUT2D eigenvalue weighted by Gasteiger charge is 2.21. The quantitative estimate of drug-likeness (QED) is 0.315. The highest BCUT2D eigenvalue weighted by atomic mass is 16.1. The summed E-state index contributed by atoms with van der Waals surface area (Å²) >= 11 is 0. The van der Waals surface area contributed by atoms with Crippen molar-refractivity contribution in [3.05, 3.63) is 24.3 Å². The Morgan fingerprint density at radius 2 is 1.36 bits per heavy atom. The summed E-state index contributed by atoms with van der Waals surface area (Å²) in [7, 11) is 0. The third kappa shape index (κ3) is 6.10. The first kappa shape index (κ1) is 17.5. The number of aldehydes is 1. The number of hydrogen-bond acceptors (Lipinski definition) is 1. The van der Waals surface area contributed by atoms with E-state index in [1.807, 2.05) is 6.08 Å². The van der Waals surface area contributed by atoms with E-state index in [1.165, 1.54) is 64.2 Å². The molecule has 2 aliphatic rings. The molecule has 2 saturated carbocycles. The summed E-state index contributed by atoms with van der Waals surface area (Å²) in [5, 5.41) is 0. The summed E-state index contributed by atoms with van der Waals surface area (Å²) in [6, 6.07) is 0. The Morgan fingerprint density at radius 1 is 0.818 bits per heavy atom. The number of carbonyl (C=O) groups excluding carboxylic acids is 1. The van der Waals surface area contributed by atoms with E-state index in [9.17, 15) is 4.79 Å². The molecule has 0 aromatic heterocycles. The maximum atomic E-state index is 10.2. The van der Waals surface area contributed by atoms with Crippen molar-refractivity contribution >= 4 is 6.29 Å². The van der Waals surface area contributed by atoms with Gasteiger partial charge in [0.25, 0.3) is 0 Å². The minimum absolute atomic E-state index is 0.839. The molecule has 1 heteroatoms. The van der Waals surface area contributed by atoms with Crippen LogP contribution in [-0.2, 0) is 4.79 Å². The second-order valence-electron chi connectivity index (χ2n) is 7.50. The zero-order valence-electron chi connectivity index (χ0n) is 14.4. The molecule has 2 fully saturated rings. The minimum Gasteiger partial charge on any atom is -0.299 e. The van der Waals surface area contributed by atoms with Crippen molar-refractivity contribution in [2.75, 3.05) is 0 Å². The van der Waals surface area contributed by atoms with Crippen LogP contribution in [0.5, 0.6) is 0 Å². The van der Waals surface area contributed by atoms with Gasteiger partial charge in [0.05, 0.1) is 0 Å². The van der Waals surface area contributed by atoms with Gasteiger partial charge in [-0.15, -0.1) is 0 Å². The lowest BCUT2D eigenvalue weighted by atomic mass is 9.78. The SMILES string of the molecule is CCC1CCC(/C=C/C2CCC(CCC=CC=O)CC2)CC1. The van der Waals surface area contributed by atoms with Crippen molar-refractivity contribution < 1.29 is 4.79 Å². The molecule has 0 bridgehead atoms. The van der Waals surface area contributed by atoms with Crippen LogP contribution >= 0.6 is 0 Å². The van der Waals surface area contributed by atoms with Crippen LogP contribution in [0.3, 0.4) is 0 Å². The van der Waals surface area contributed by atoms with Gasteiger partial charge in [0.1, 0.15) is 6.29 Å². The third-order valence-electron chi connectivity index (χ3n) is 5.97. The Balaban J connectivity index is 1.61. The summed E-state index contributed by atoms with van der Waals surface area (Å²) in [5.74, 6) is 3.61. The van der Waals surface area contributed by atoms with Gasteiger partial charge in [0.2, 0.25) is 0 Å². The Morgan fingerprint density at radius 3 is 1.86 bits per heavy atom. The van der Waals surface area contributed by atoms with Crippen LogP contribution in [0.25, 0.3) is 0 Å². The molecule has 0 spiro atoms. The molecule has 2 aliphatic carbocycles. The van der Waals surface area contributed by atoms with E-state index in [2.05, 4.69) is 19.1 Å². The van der Waals surface area contributed by atoms with E-state index in [-0.39, 0.29) is 0 Å². The van der Waals surface area contributed by atoms with Crippen LogP contribution in [-0.4, -0.2) is 6.29 Å². The molecule has 0 aromatic rings. The van der Waals surface area contributed by atoms with Crippen LogP contribution in [0.1, 0.15) is 77.6 Å². The Hall–Kier alpha value is -0.850. The molecular weight excluding hydrogens is 268 g/mol. The lowest BCUT2D eigenvalue weighted by molar-refractivity contribution is -0.104. The van der Waals surface area contributed by atoms with Crippen LogP contribution in [0.15, 0.2) is 24.3 Å². The normalized spacial score (nSPS) is 33.5. The smallest absolute Gasteiger partial charge is 0.142 e. The van der Waals surface area contributed by atoms with E-state index in [1.54, 1.807) is 6.08 Å². The standard InChI is InChI=1S/C21H34O/c1-2-18-7-9-20(10-8-18)15-16-21-13-11-19(12-14-21)6-4-3-5-17-22/h3,5,15-21H,2,4,6-14H2,1H3/b5-3?,16-15+. The first-order chi connectivity index (χ1) is 10.8. The Kier molecular flexibility index (Phi) is 7.98. The fourth-order valence-electron chi connectivity index (χ4n) is 4.26. The average molecular weight is 303 g/mol. The van der Waals surface area contributed by atoms with E-state index in [0.717, 1.165) is 36.4 Å². The molecule has 0 atom stereocenters. The van der Waals surface area contributed by atoms with E-state index in [0.29, 0.717) is 0 Å². The van der Waals surface area contributed by atoms with E-state index >= 15 is 0 Å². The van der Waals surface area contributed by atoms with Gasteiger partial charge >= 0.3 is 0 Å². The molecule has 0 radical (unpaired) electrons. The van der Waals surface area contributed by atoms with Gasteiger partial charge < -0.3 is 0 Å². The van der Waals surface area contributed by atoms with Crippen LogP contribution < -0.4 is 0 Å². The second kappa shape index (κ2) is 10.0. The maximum Gasteiger partial charge on any atom is 0.142 e. The van der Waals surface area contributed by atoms with Crippen molar-refractivity contribution in [3.8, 4) is 0 Å². The van der Waals surface area contributed by atoms with Crippen LogP contribution in [0, 0.1) is 23.7 Å². The van der Waals surface area contributed by atoms with Gasteiger partial charge in [-0.3, -0.25) is 4.79 Å². The largest absolute Gasteiger partial charge is 0.299 e. The number of rotatable bonds is 7. The van der Waals surface area contributed by atoms with Crippen molar-refractivity contribution in [2.24, 2.45) is 23.7 Å². The predicted octanol–water partition coefficient (Wildman–Crippen LogP) is 6.10. The Labute approximate surface area is 137 Å². The van der Waals surface area contributed by atoms with Crippen molar-refractivity contribution in [2.45, 2.75) is 77.6 Å². The van der Waals surface area contributed by atoms with Gasteiger partial charge in [-0.2, -0.15) is 0 Å². The maximum absolute atomic E-state index is 10.2. The molecule has 124 valence electrons. The third-order valence-corrected chi connectivity index (χ3v) is 5.97. The molecule has 0 aliphatic heterocycles. The number of allylic oxidation sites excluding steroid dienone is 4. The van der Waals surface area contributed by atoms with Crippen molar-refractivity contribution in [3.63, 3.8) is 0 Å². The first-order valence-electron chi connectivity index (χ1n) is 9.60. The molecule has 0 amide bonds. The van der Waals surface area contributed by atoms with E-state index < -0.39 is 0 Å². The van der Waals surface area contributed by atoms with Gasteiger partial charge in [0.15, 0.2) is 0 Å².